The zero-order chi connectivity index (χ0) is 14.2. The summed E-state index contributed by atoms with van der Waals surface area (Å²) < 4.78 is 21.6. The minimum absolute atomic E-state index is 0.0812. The zero-order valence-corrected chi connectivity index (χ0v) is 12.3. The summed E-state index contributed by atoms with van der Waals surface area (Å²) in [5.41, 5.74) is 1.22. The van der Waals surface area contributed by atoms with Crippen LogP contribution in [0, 0.1) is 5.82 Å². The van der Waals surface area contributed by atoms with Crippen LogP contribution in [0.3, 0.4) is 0 Å². The normalized spacial score (nSPS) is 18.6. The molecule has 1 aliphatic heterocycles. The number of aryl methyl sites for hydroxylation is 1. The lowest BCUT2D eigenvalue weighted by molar-refractivity contribution is 0.0301. The maximum absolute atomic E-state index is 14.0. The molecule has 0 saturated carbocycles. The molecule has 1 saturated heterocycles. The van der Waals surface area contributed by atoms with Crippen LogP contribution in [0.25, 0.3) is 11.0 Å². The Bertz CT molecular complexity index is 620. The van der Waals surface area contributed by atoms with Gasteiger partial charge in [0.2, 0.25) is 0 Å². The number of nitrogens with zero attached hydrogens (tertiary/aromatic N) is 2. The fourth-order valence-electron chi connectivity index (χ4n) is 3.00. The highest BCUT2D eigenvalue weighted by molar-refractivity contribution is 6.17. The third kappa shape index (κ3) is 2.21. The van der Waals surface area contributed by atoms with Crippen molar-refractivity contribution in [3.05, 3.63) is 29.8 Å². The number of rotatable bonds is 3. The molecule has 0 spiro atoms. The molecular weight excluding hydrogens is 279 g/mol. The first-order chi connectivity index (χ1) is 9.65. The van der Waals surface area contributed by atoms with Crippen molar-refractivity contribution in [2.75, 3.05) is 19.1 Å². The summed E-state index contributed by atoms with van der Waals surface area (Å²) in [6.45, 7) is 3.65. The maximum Gasteiger partial charge on any atom is 0.151 e. The topological polar surface area (TPSA) is 27.1 Å². The highest BCUT2D eigenvalue weighted by Crippen LogP contribution is 2.34. The summed E-state index contributed by atoms with van der Waals surface area (Å²) in [5.74, 6) is 1.08. The van der Waals surface area contributed by atoms with Crippen molar-refractivity contribution in [1.29, 1.82) is 0 Å². The Labute approximate surface area is 122 Å². The number of benzene rings is 1. The van der Waals surface area contributed by atoms with Gasteiger partial charge >= 0.3 is 0 Å². The molecule has 0 unspecified atom stereocenters. The molecule has 0 amide bonds. The quantitative estimate of drug-likeness (QED) is 0.811. The summed E-state index contributed by atoms with van der Waals surface area (Å²) in [6, 6.07) is 5.13. The van der Waals surface area contributed by atoms with E-state index in [1.807, 2.05) is 6.07 Å². The van der Waals surface area contributed by atoms with E-state index >= 15 is 0 Å². The van der Waals surface area contributed by atoms with Crippen molar-refractivity contribution in [1.82, 2.24) is 9.55 Å². The molecule has 0 radical (unpaired) electrons. The number of fused-ring (bicyclic) bond motifs is 1. The second kappa shape index (κ2) is 5.34. The van der Waals surface area contributed by atoms with Gasteiger partial charge in [0.15, 0.2) is 5.82 Å². The lowest BCUT2D eigenvalue weighted by Gasteiger charge is -2.36. The molecular formula is C15H18ClFN2O. The van der Waals surface area contributed by atoms with E-state index < -0.39 is 0 Å². The first-order valence-electron chi connectivity index (χ1n) is 6.96. The van der Waals surface area contributed by atoms with Crippen LogP contribution in [0.4, 0.5) is 4.39 Å². The smallest absolute Gasteiger partial charge is 0.151 e. The van der Waals surface area contributed by atoms with Crippen molar-refractivity contribution in [3.8, 4) is 0 Å². The van der Waals surface area contributed by atoms with Gasteiger partial charge < -0.3 is 9.30 Å². The van der Waals surface area contributed by atoms with E-state index in [9.17, 15) is 4.39 Å². The van der Waals surface area contributed by atoms with Gasteiger partial charge in [-0.2, -0.15) is 0 Å². The molecule has 108 valence electrons. The molecule has 0 aliphatic carbocycles. The lowest BCUT2D eigenvalue weighted by Crippen LogP contribution is -2.37. The average Bonchev–Trinajstić information content (AvgIpc) is 2.80. The Morgan fingerprint density at radius 3 is 2.85 bits per heavy atom. The molecule has 0 atom stereocenters. The van der Waals surface area contributed by atoms with Gasteiger partial charge in [-0.3, -0.25) is 0 Å². The van der Waals surface area contributed by atoms with Crippen molar-refractivity contribution >= 4 is 22.6 Å². The number of hydrogen-bond donors (Lipinski definition) is 0. The van der Waals surface area contributed by atoms with Crippen LogP contribution in [0.5, 0.6) is 0 Å². The highest BCUT2D eigenvalue weighted by Gasteiger charge is 2.33. The fraction of sp³-hybridized carbons (Fsp3) is 0.533. The predicted octanol–water partition coefficient (Wildman–Crippen LogP) is 3.48. The van der Waals surface area contributed by atoms with Gasteiger partial charge in [0.05, 0.1) is 5.52 Å². The second-order valence-corrected chi connectivity index (χ2v) is 5.90. The summed E-state index contributed by atoms with van der Waals surface area (Å²) in [7, 11) is 0. The number of para-hydroxylation sites is 1. The van der Waals surface area contributed by atoms with Gasteiger partial charge in [0, 0.05) is 31.1 Å². The van der Waals surface area contributed by atoms with Crippen LogP contribution in [0.1, 0.15) is 25.6 Å². The SMILES string of the molecule is CC1(n2c(CCCl)nc3c(F)cccc32)CCOCC1. The molecule has 5 heteroatoms. The van der Waals surface area contributed by atoms with E-state index in [0.717, 1.165) is 37.4 Å². The Hall–Kier alpha value is -1.13. The van der Waals surface area contributed by atoms with E-state index in [1.165, 1.54) is 6.07 Å². The molecule has 1 aromatic carbocycles. The molecule has 1 aliphatic rings. The van der Waals surface area contributed by atoms with E-state index in [2.05, 4.69) is 16.5 Å². The Morgan fingerprint density at radius 2 is 2.15 bits per heavy atom. The minimum atomic E-state index is -0.271. The molecule has 0 bridgehead atoms. The van der Waals surface area contributed by atoms with Crippen LogP contribution >= 0.6 is 11.6 Å². The Morgan fingerprint density at radius 1 is 1.40 bits per heavy atom. The van der Waals surface area contributed by atoms with Gasteiger partial charge in [0.25, 0.3) is 0 Å². The molecule has 0 N–H and O–H groups in total. The molecule has 2 aromatic rings. The van der Waals surface area contributed by atoms with Gasteiger partial charge in [-0.25, -0.2) is 9.37 Å². The largest absolute Gasteiger partial charge is 0.381 e. The number of aromatic nitrogens is 2. The van der Waals surface area contributed by atoms with Gasteiger partial charge in [-0.05, 0) is 31.9 Å². The van der Waals surface area contributed by atoms with Crippen molar-refractivity contribution in [3.63, 3.8) is 0 Å². The van der Waals surface area contributed by atoms with E-state index in [0.29, 0.717) is 17.8 Å². The molecule has 3 nitrogen and oxygen atoms in total. The minimum Gasteiger partial charge on any atom is -0.381 e. The monoisotopic (exact) mass is 296 g/mol. The number of alkyl halides is 1. The van der Waals surface area contributed by atoms with Gasteiger partial charge in [-0.15, -0.1) is 11.6 Å². The molecule has 2 heterocycles. The van der Waals surface area contributed by atoms with Crippen LogP contribution in [-0.4, -0.2) is 28.6 Å². The van der Waals surface area contributed by atoms with Gasteiger partial charge in [-0.1, -0.05) is 6.07 Å². The zero-order valence-electron chi connectivity index (χ0n) is 11.5. The Kier molecular flexibility index (Phi) is 3.69. The number of ether oxygens (including phenoxy) is 1. The third-order valence-corrected chi connectivity index (χ3v) is 4.32. The molecule has 1 fully saturated rings. The summed E-state index contributed by atoms with van der Waals surface area (Å²) in [6.07, 6.45) is 2.46. The van der Waals surface area contributed by atoms with E-state index in [1.54, 1.807) is 6.07 Å². The number of hydrogen-bond acceptors (Lipinski definition) is 2. The molecule has 3 rings (SSSR count). The Balaban J connectivity index is 2.20. The van der Waals surface area contributed by atoms with Crippen LogP contribution in [0.15, 0.2) is 18.2 Å². The van der Waals surface area contributed by atoms with E-state index in [-0.39, 0.29) is 11.4 Å². The highest BCUT2D eigenvalue weighted by atomic mass is 35.5. The summed E-state index contributed by atoms with van der Waals surface area (Å²) in [4.78, 5) is 4.49. The average molecular weight is 297 g/mol. The summed E-state index contributed by atoms with van der Waals surface area (Å²) >= 11 is 5.89. The van der Waals surface area contributed by atoms with Crippen molar-refractivity contribution in [2.45, 2.75) is 31.7 Å². The first kappa shape index (κ1) is 13.8. The standard InChI is InChI=1S/C15H18ClFN2O/c1-15(6-9-20-10-7-15)19-12-4-2-3-11(17)14(12)18-13(19)5-8-16/h2-4H,5-10H2,1H3. The lowest BCUT2D eigenvalue weighted by atomic mass is 9.91. The van der Waals surface area contributed by atoms with Gasteiger partial charge in [0.1, 0.15) is 11.3 Å². The van der Waals surface area contributed by atoms with Crippen LogP contribution < -0.4 is 0 Å². The predicted molar refractivity (Wildman–Crippen MR) is 77.8 cm³/mol. The van der Waals surface area contributed by atoms with E-state index in [4.69, 9.17) is 16.3 Å². The molecule has 20 heavy (non-hydrogen) atoms. The number of imidazole rings is 1. The summed E-state index contributed by atoms with van der Waals surface area (Å²) in [5, 5.41) is 0. The number of halogens is 2. The van der Waals surface area contributed by atoms with Crippen molar-refractivity contribution in [2.24, 2.45) is 0 Å². The second-order valence-electron chi connectivity index (χ2n) is 5.52. The fourth-order valence-corrected chi connectivity index (χ4v) is 3.17. The van der Waals surface area contributed by atoms with Crippen LogP contribution in [0.2, 0.25) is 0 Å². The van der Waals surface area contributed by atoms with Crippen LogP contribution in [-0.2, 0) is 16.7 Å². The third-order valence-electron chi connectivity index (χ3n) is 4.13. The first-order valence-corrected chi connectivity index (χ1v) is 7.49. The van der Waals surface area contributed by atoms with Crippen molar-refractivity contribution < 1.29 is 9.13 Å². The maximum atomic E-state index is 14.0. The molecule has 1 aromatic heterocycles.